The maximum atomic E-state index is 11.1. The third-order valence-corrected chi connectivity index (χ3v) is 4.07. The number of carbonyl (C=O) groups excluding carboxylic acids is 1. The molecule has 1 aromatic heterocycles. The highest BCUT2D eigenvalue weighted by atomic mass is 35.5. The summed E-state index contributed by atoms with van der Waals surface area (Å²) in [6.45, 7) is 4.22. The average Bonchev–Trinajstić information content (AvgIpc) is 2.35. The van der Waals surface area contributed by atoms with Crippen molar-refractivity contribution in [2.75, 3.05) is 11.9 Å². The van der Waals surface area contributed by atoms with Gasteiger partial charge in [0.2, 0.25) is 0 Å². The number of aliphatic hydroxyl groups is 1. The van der Waals surface area contributed by atoms with Crippen molar-refractivity contribution >= 4 is 23.7 Å². The highest BCUT2D eigenvalue weighted by Gasteiger charge is 2.32. The first-order chi connectivity index (χ1) is 9.43. The second-order valence-corrected chi connectivity index (χ2v) is 6.08. The smallest absolute Gasteiger partial charge is 0.156 e. The molecule has 2 unspecified atom stereocenters. The summed E-state index contributed by atoms with van der Waals surface area (Å²) in [5.74, 6) is 1.40. The molecule has 2 N–H and O–H groups in total. The van der Waals surface area contributed by atoms with Gasteiger partial charge in [0.05, 0.1) is 11.2 Å². The van der Waals surface area contributed by atoms with Crippen molar-refractivity contribution in [2.45, 2.75) is 45.1 Å². The molecule has 0 aromatic carbocycles. The standard InChI is InChI=1S/C14H20ClN3O2/c1-9-4-3-5-14(20,6-9)8-16-13-11(7-19)12(15)17-10(2)18-13/h7,9,20H,3-6,8H2,1-2H3,(H,16,17,18). The minimum atomic E-state index is -0.747. The van der Waals surface area contributed by atoms with Crippen molar-refractivity contribution < 1.29 is 9.90 Å². The second kappa shape index (κ2) is 6.06. The van der Waals surface area contributed by atoms with Crippen LogP contribution in [0.4, 0.5) is 5.82 Å². The van der Waals surface area contributed by atoms with Gasteiger partial charge in [0.15, 0.2) is 6.29 Å². The topological polar surface area (TPSA) is 75.1 Å². The van der Waals surface area contributed by atoms with E-state index in [0.717, 1.165) is 25.7 Å². The molecule has 0 bridgehead atoms. The first-order valence-corrected chi connectivity index (χ1v) is 7.27. The lowest BCUT2D eigenvalue weighted by Gasteiger charge is -2.35. The molecule has 1 aromatic rings. The Morgan fingerprint density at radius 3 is 2.95 bits per heavy atom. The van der Waals surface area contributed by atoms with E-state index in [0.29, 0.717) is 30.4 Å². The number of carbonyl (C=O) groups is 1. The van der Waals surface area contributed by atoms with Crippen molar-refractivity contribution in [1.82, 2.24) is 9.97 Å². The largest absolute Gasteiger partial charge is 0.388 e. The fourth-order valence-corrected chi connectivity index (χ4v) is 3.08. The number of aryl methyl sites for hydroxylation is 1. The maximum absolute atomic E-state index is 11.1. The fourth-order valence-electron chi connectivity index (χ4n) is 2.83. The van der Waals surface area contributed by atoms with Gasteiger partial charge in [-0.15, -0.1) is 0 Å². The Balaban J connectivity index is 2.12. The molecule has 2 rings (SSSR count). The van der Waals surface area contributed by atoms with E-state index in [1.807, 2.05) is 0 Å². The predicted molar refractivity (Wildman–Crippen MR) is 78.2 cm³/mol. The first-order valence-electron chi connectivity index (χ1n) is 6.89. The summed E-state index contributed by atoms with van der Waals surface area (Å²) in [4.78, 5) is 19.2. The van der Waals surface area contributed by atoms with E-state index in [-0.39, 0.29) is 10.7 Å². The van der Waals surface area contributed by atoms with Gasteiger partial charge < -0.3 is 10.4 Å². The van der Waals surface area contributed by atoms with E-state index in [1.54, 1.807) is 6.92 Å². The third-order valence-electron chi connectivity index (χ3n) is 3.78. The van der Waals surface area contributed by atoms with E-state index in [2.05, 4.69) is 22.2 Å². The monoisotopic (exact) mass is 297 g/mol. The molecule has 0 amide bonds. The normalized spacial score (nSPS) is 26.3. The summed E-state index contributed by atoms with van der Waals surface area (Å²) in [6.07, 6.45) is 4.33. The van der Waals surface area contributed by atoms with Gasteiger partial charge >= 0.3 is 0 Å². The molecule has 0 spiro atoms. The molecular formula is C14H20ClN3O2. The lowest BCUT2D eigenvalue weighted by molar-refractivity contribution is -0.000850. The lowest BCUT2D eigenvalue weighted by Crippen LogP contribution is -2.41. The van der Waals surface area contributed by atoms with E-state index < -0.39 is 5.60 Å². The molecule has 20 heavy (non-hydrogen) atoms. The van der Waals surface area contributed by atoms with Gasteiger partial charge in [-0.05, 0) is 25.7 Å². The van der Waals surface area contributed by atoms with Crippen LogP contribution in [0.5, 0.6) is 0 Å². The molecule has 2 atom stereocenters. The van der Waals surface area contributed by atoms with Crippen molar-refractivity contribution in [3.8, 4) is 0 Å². The summed E-state index contributed by atoms with van der Waals surface area (Å²) in [6, 6.07) is 0. The van der Waals surface area contributed by atoms with Crippen LogP contribution in [0.15, 0.2) is 0 Å². The Hall–Kier alpha value is -1.20. The predicted octanol–water partition coefficient (Wildman–Crippen LogP) is 2.60. The number of nitrogens with one attached hydrogen (secondary N) is 1. The van der Waals surface area contributed by atoms with Crippen LogP contribution in [0.3, 0.4) is 0 Å². The number of aromatic nitrogens is 2. The van der Waals surface area contributed by atoms with E-state index >= 15 is 0 Å². The average molecular weight is 298 g/mol. The lowest BCUT2D eigenvalue weighted by atomic mass is 9.79. The Labute approximate surface area is 123 Å². The second-order valence-electron chi connectivity index (χ2n) is 5.72. The molecular weight excluding hydrogens is 278 g/mol. The molecule has 0 aliphatic heterocycles. The van der Waals surface area contributed by atoms with Crippen LogP contribution in [0.1, 0.15) is 48.8 Å². The van der Waals surface area contributed by atoms with Gasteiger partial charge in [-0.1, -0.05) is 31.4 Å². The van der Waals surface area contributed by atoms with Crippen molar-refractivity contribution in [2.24, 2.45) is 5.92 Å². The molecule has 1 fully saturated rings. The molecule has 0 radical (unpaired) electrons. The highest BCUT2D eigenvalue weighted by Crippen LogP contribution is 2.32. The van der Waals surface area contributed by atoms with Crippen LogP contribution in [-0.2, 0) is 0 Å². The zero-order chi connectivity index (χ0) is 14.8. The summed E-state index contributed by atoms with van der Waals surface area (Å²) in [5, 5.41) is 13.8. The minimum Gasteiger partial charge on any atom is -0.388 e. The maximum Gasteiger partial charge on any atom is 0.156 e. The Morgan fingerprint density at radius 1 is 1.55 bits per heavy atom. The quantitative estimate of drug-likeness (QED) is 0.660. The van der Waals surface area contributed by atoms with E-state index in [9.17, 15) is 9.90 Å². The van der Waals surface area contributed by atoms with Gasteiger partial charge in [-0.2, -0.15) is 0 Å². The summed E-state index contributed by atoms with van der Waals surface area (Å²) < 4.78 is 0. The highest BCUT2D eigenvalue weighted by molar-refractivity contribution is 6.32. The number of halogens is 1. The fraction of sp³-hybridized carbons (Fsp3) is 0.643. The Kier molecular flexibility index (Phi) is 4.60. The number of hydrogen-bond donors (Lipinski definition) is 2. The van der Waals surface area contributed by atoms with Crippen molar-refractivity contribution in [3.05, 3.63) is 16.5 Å². The molecule has 1 heterocycles. The third kappa shape index (κ3) is 3.46. The van der Waals surface area contributed by atoms with Crippen LogP contribution in [0, 0.1) is 12.8 Å². The summed E-state index contributed by atoms with van der Waals surface area (Å²) in [5.41, 5.74) is -0.506. The number of nitrogens with zero attached hydrogens (tertiary/aromatic N) is 2. The number of aldehydes is 1. The SMILES string of the molecule is Cc1nc(Cl)c(C=O)c(NCC2(O)CCCC(C)C2)n1. The number of hydrogen-bond acceptors (Lipinski definition) is 5. The zero-order valence-electron chi connectivity index (χ0n) is 11.8. The number of anilines is 1. The van der Waals surface area contributed by atoms with Crippen LogP contribution >= 0.6 is 11.6 Å². The van der Waals surface area contributed by atoms with Crippen LogP contribution < -0.4 is 5.32 Å². The van der Waals surface area contributed by atoms with Crippen LogP contribution in [-0.4, -0.2) is 33.5 Å². The van der Waals surface area contributed by atoms with Gasteiger partial charge in [0, 0.05) is 6.54 Å². The minimum absolute atomic E-state index is 0.138. The van der Waals surface area contributed by atoms with Gasteiger partial charge in [0.25, 0.3) is 0 Å². The van der Waals surface area contributed by atoms with E-state index in [4.69, 9.17) is 11.6 Å². The molecule has 0 saturated heterocycles. The molecule has 6 heteroatoms. The van der Waals surface area contributed by atoms with Crippen molar-refractivity contribution in [1.29, 1.82) is 0 Å². The molecule has 110 valence electrons. The first kappa shape index (κ1) is 15.2. The Morgan fingerprint density at radius 2 is 2.30 bits per heavy atom. The van der Waals surface area contributed by atoms with Gasteiger partial charge in [-0.25, -0.2) is 9.97 Å². The van der Waals surface area contributed by atoms with Crippen LogP contribution in [0.25, 0.3) is 0 Å². The zero-order valence-corrected chi connectivity index (χ0v) is 12.6. The molecule has 1 saturated carbocycles. The summed E-state index contributed by atoms with van der Waals surface area (Å²) >= 11 is 5.93. The Bertz CT molecular complexity index is 509. The molecule has 1 aliphatic rings. The molecule has 1 aliphatic carbocycles. The van der Waals surface area contributed by atoms with Crippen molar-refractivity contribution in [3.63, 3.8) is 0 Å². The molecule has 5 nitrogen and oxygen atoms in total. The van der Waals surface area contributed by atoms with Crippen LogP contribution in [0.2, 0.25) is 5.15 Å². The van der Waals surface area contributed by atoms with Gasteiger partial charge in [0.1, 0.15) is 16.8 Å². The number of rotatable bonds is 4. The van der Waals surface area contributed by atoms with E-state index in [1.165, 1.54) is 0 Å². The van der Waals surface area contributed by atoms with Gasteiger partial charge in [-0.3, -0.25) is 4.79 Å². The summed E-state index contributed by atoms with van der Waals surface area (Å²) in [7, 11) is 0.